The van der Waals surface area contributed by atoms with Gasteiger partial charge in [-0.1, -0.05) is 56.3 Å². The number of carbonyl (C=O) groups excluding carboxylic acids is 1. The maximum atomic E-state index is 12.4. The van der Waals surface area contributed by atoms with E-state index in [0.717, 1.165) is 11.6 Å². The summed E-state index contributed by atoms with van der Waals surface area (Å²) in [5.74, 6) is 0.149. The molecule has 1 heterocycles. The molecule has 1 aromatic rings. The maximum Gasteiger partial charge on any atom is 0.226 e. The van der Waals surface area contributed by atoms with Crippen molar-refractivity contribution in [3.05, 3.63) is 66.4 Å². The highest BCUT2D eigenvalue weighted by Crippen LogP contribution is 2.24. The first-order chi connectivity index (χ1) is 9.68. The summed E-state index contributed by atoms with van der Waals surface area (Å²) in [4.78, 5) is 12.4. The molecule has 1 radical (unpaired) electrons. The van der Waals surface area contributed by atoms with E-state index in [1.54, 1.807) is 0 Å². The van der Waals surface area contributed by atoms with Crippen molar-refractivity contribution in [2.24, 2.45) is 11.8 Å². The van der Waals surface area contributed by atoms with Crippen molar-refractivity contribution in [3.8, 4) is 0 Å². The van der Waals surface area contributed by atoms with Gasteiger partial charge in [0.25, 0.3) is 0 Å². The lowest BCUT2D eigenvalue weighted by atomic mass is 9.86. The molecule has 0 aromatic heterocycles. The Morgan fingerprint density at radius 1 is 1.20 bits per heavy atom. The van der Waals surface area contributed by atoms with Crippen LogP contribution in [0.25, 0.3) is 0 Å². The lowest BCUT2D eigenvalue weighted by Gasteiger charge is -2.27. The number of dihydropyridines is 1. The Balaban J connectivity index is 1.97. The molecule has 2 N–H and O–H groups in total. The smallest absolute Gasteiger partial charge is 0.226 e. The first-order valence-electron chi connectivity index (χ1n) is 6.96. The number of amides is 1. The van der Waals surface area contributed by atoms with Gasteiger partial charge in [0.15, 0.2) is 0 Å². The summed E-state index contributed by atoms with van der Waals surface area (Å²) in [6, 6.07) is 10.9. The fourth-order valence-corrected chi connectivity index (χ4v) is 2.30. The van der Waals surface area contributed by atoms with Crippen molar-refractivity contribution >= 4 is 5.91 Å². The summed E-state index contributed by atoms with van der Waals surface area (Å²) in [6.45, 7) is 4.69. The second-order valence-electron chi connectivity index (χ2n) is 5.24. The van der Waals surface area contributed by atoms with Crippen LogP contribution < -0.4 is 10.6 Å². The quantitative estimate of drug-likeness (QED) is 0.863. The van der Waals surface area contributed by atoms with E-state index in [9.17, 15) is 4.79 Å². The highest BCUT2D eigenvalue weighted by molar-refractivity contribution is 5.81. The van der Waals surface area contributed by atoms with Crippen LogP contribution in [0.3, 0.4) is 0 Å². The predicted molar refractivity (Wildman–Crippen MR) is 81.3 cm³/mol. The first kappa shape index (κ1) is 14.4. The number of rotatable bonds is 5. The van der Waals surface area contributed by atoms with E-state index in [4.69, 9.17) is 0 Å². The van der Waals surface area contributed by atoms with Crippen LogP contribution in [0.15, 0.2) is 54.8 Å². The Morgan fingerprint density at radius 3 is 2.55 bits per heavy atom. The number of benzene rings is 1. The molecule has 1 unspecified atom stereocenters. The fourth-order valence-electron chi connectivity index (χ4n) is 2.30. The summed E-state index contributed by atoms with van der Waals surface area (Å²) in [5, 5.41) is 6.19. The molecule has 0 aliphatic carbocycles. The van der Waals surface area contributed by atoms with Crippen LogP contribution >= 0.6 is 0 Å². The molecule has 2 rings (SSSR count). The highest BCUT2D eigenvalue weighted by atomic mass is 16.1. The van der Waals surface area contributed by atoms with Gasteiger partial charge in [-0.3, -0.25) is 4.79 Å². The zero-order valence-electron chi connectivity index (χ0n) is 12.0. The van der Waals surface area contributed by atoms with E-state index in [-0.39, 0.29) is 17.7 Å². The number of nitrogens with one attached hydrogen (secondary N) is 2. The minimum atomic E-state index is -0.153. The van der Waals surface area contributed by atoms with Gasteiger partial charge in [-0.15, -0.1) is 0 Å². The van der Waals surface area contributed by atoms with E-state index >= 15 is 0 Å². The topological polar surface area (TPSA) is 41.1 Å². The van der Waals surface area contributed by atoms with Gasteiger partial charge in [0.1, 0.15) is 0 Å². The van der Waals surface area contributed by atoms with Gasteiger partial charge in [0.05, 0.1) is 12.0 Å². The molecule has 105 valence electrons. The van der Waals surface area contributed by atoms with Crippen LogP contribution in [0.2, 0.25) is 0 Å². The van der Waals surface area contributed by atoms with Crippen molar-refractivity contribution in [1.82, 2.24) is 10.6 Å². The van der Waals surface area contributed by atoms with Gasteiger partial charge in [-0.2, -0.15) is 0 Å². The third-order valence-corrected chi connectivity index (χ3v) is 3.33. The molecule has 0 bridgehead atoms. The van der Waals surface area contributed by atoms with Gasteiger partial charge >= 0.3 is 0 Å². The molecule has 20 heavy (non-hydrogen) atoms. The summed E-state index contributed by atoms with van der Waals surface area (Å²) in [6.07, 6.45) is 7.69. The van der Waals surface area contributed by atoms with Gasteiger partial charge < -0.3 is 10.6 Å². The zero-order chi connectivity index (χ0) is 14.4. The van der Waals surface area contributed by atoms with Crippen LogP contribution in [-0.4, -0.2) is 5.91 Å². The SMILES string of the molecule is CC(C)C([C]1C=CC=CN1)C(=O)NCc1ccccc1. The van der Waals surface area contributed by atoms with Crippen molar-refractivity contribution < 1.29 is 4.79 Å². The lowest BCUT2D eigenvalue weighted by Crippen LogP contribution is -2.40. The molecule has 0 fully saturated rings. The second kappa shape index (κ2) is 6.94. The Bertz CT molecular complexity index is 491. The van der Waals surface area contributed by atoms with Crippen molar-refractivity contribution in [1.29, 1.82) is 0 Å². The lowest BCUT2D eigenvalue weighted by molar-refractivity contribution is -0.125. The Labute approximate surface area is 120 Å². The summed E-state index contributed by atoms with van der Waals surface area (Å²) < 4.78 is 0. The van der Waals surface area contributed by atoms with E-state index < -0.39 is 0 Å². The third-order valence-electron chi connectivity index (χ3n) is 3.33. The Hall–Kier alpha value is -2.03. The molecule has 3 heteroatoms. The van der Waals surface area contributed by atoms with Crippen LogP contribution in [0.4, 0.5) is 0 Å². The molecule has 0 saturated carbocycles. The molecule has 1 amide bonds. The summed E-state index contributed by atoms with van der Waals surface area (Å²) in [7, 11) is 0. The maximum absolute atomic E-state index is 12.4. The summed E-state index contributed by atoms with van der Waals surface area (Å²) in [5.41, 5.74) is 1.11. The monoisotopic (exact) mass is 269 g/mol. The van der Waals surface area contributed by atoms with Crippen LogP contribution in [0.5, 0.6) is 0 Å². The zero-order valence-corrected chi connectivity index (χ0v) is 12.0. The first-order valence-corrected chi connectivity index (χ1v) is 6.96. The van der Waals surface area contributed by atoms with Crippen LogP contribution in [-0.2, 0) is 11.3 Å². The fraction of sp³-hybridized carbons (Fsp3) is 0.294. The number of allylic oxidation sites excluding steroid dienone is 2. The molecule has 3 nitrogen and oxygen atoms in total. The highest BCUT2D eigenvalue weighted by Gasteiger charge is 2.30. The molecule has 1 aliphatic heterocycles. The Morgan fingerprint density at radius 2 is 1.95 bits per heavy atom. The second-order valence-corrected chi connectivity index (χ2v) is 5.24. The predicted octanol–water partition coefficient (Wildman–Crippen LogP) is 2.78. The molecule has 1 atom stereocenters. The van der Waals surface area contributed by atoms with Crippen molar-refractivity contribution in [3.63, 3.8) is 0 Å². The van der Waals surface area contributed by atoms with Gasteiger partial charge in [0.2, 0.25) is 5.91 Å². The Kier molecular flexibility index (Phi) is 4.99. The summed E-state index contributed by atoms with van der Waals surface area (Å²) >= 11 is 0. The molecule has 0 saturated heterocycles. The van der Waals surface area contributed by atoms with Gasteiger partial charge in [-0.25, -0.2) is 0 Å². The van der Waals surface area contributed by atoms with Gasteiger partial charge in [-0.05, 0) is 23.8 Å². The molecular formula is C17H21N2O. The van der Waals surface area contributed by atoms with Gasteiger partial charge in [0, 0.05) is 6.54 Å². The standard InChI is InChI=1S/C17H21N2O/c1-13(2)16(15-10-6-7-11-18-15)17(20)19-12-14-8-4-3-5-9-14/h3-11,13,16,18H,12H2,1-2H3,(H,19,20). The van der Waals surface area contributed by atoms with E-state index in [1.165, 1.54) is 0 Å². The molecular weight excluding hydrogens is 248 g/mol. The minimum Gasteiger partial charge on any atom is -0.379 e. The number of hydrogen-bond acceptors (Lipinski definition) is 2. The normalized spacial score (nSPS) is 15.9. The number of hydrogen-bond donors (Lipinski definition) is 2. The van der Waals surface area contributed by atoms with Crippen LogP contribution in [0.1, 0.15) is 19.4 Å². The average Bonchev–Trinajstić information content (AvgIpc) is 2.47. The minimum absolute atomic E-state index is 0.0614. The number of carbonyl (C=O) groups is 1. The molecule has 1 aromatic carbocycles. The van der Waals surface area contributed by atoms with Crippen molar-refractivity contribution in [2.75, 3.05) is 0 Å². The third kappa shape index (κ3) is 3.73. The van der Waals surface area contributed by atoms with E-state index in [2.05, 4.69) is 24.5 Å². The van der Waals surface area contributed by atoms with E-state index in [1.807, 2.05) is 54.8 Å². The molecule has 0 spiro atoms. The largest absolute Gasteiger partial charge is 0.379 e. The van der Waals surface area contributed by atoms with Crippen molar-refractivity contribution in [2.45, 2.75) is 20.4 Å². The molecule has 1 aliphatic rings. The van der Waals surface area contributed by atoms with Crippen LogP contribution in [0, 0.1) is 17.9 Å². The average molecular weight is 269 g/mol. The van der Waals surface area contributed by atoms with E-state index in [0.29, 0.717) is 6.54 Å².